The molecule has 1 amide bonds. The molecule has 0 atom stereocenters. The van der Waals surface area contributed by atoms with E-state index < -0.39 is 24.3 Å². The Bertz CT molecular complexity index is 1060. The molecule has 0 bridgehead atoms. The van der Waals surface area contributed by atoms with Gasteiger partial charge in [0.15, 0.2) is 6.61 Å². The molecule has 0 saturated heterocycles. The average Bonchev–Trinajstić information content (AvgIpc) is 2.63. The first kappa shape index (κ1) is 18.5. The molecule has 5 nitrogen and oxygen atoms in total. The van der Waals surface area contributed by atoms with Gasteiger partial charge in [0.25, 0.3) is 11.5 Å². The van der Waals surface area contributed by atoms with Gasteiger partial charge in [-0.1, -0.05) is 18.2 Å². The van der Waals surface area contributed by atoms with Gasteiger partial charge in [0, 0.05) is 24.2 Å². The quantitative estimate of drug-likeness (QED) is 0.757. The maximum atomic E-state index is 12.7. The number of nitrogens with one attached hydrogen (secondary N) is 1. The summed E-state index contributed by atoms with van der Waals surface area (Å²) in [6.45, 7) is -0.451. The van der Waals surface area contributed by atoms with Crippen LogP contribution in [-0.2, 0) is 18.0 Å². The highest BCUT2D eigenvalue weighted by Crippen LogP contribution is 2.30. The second kappa shape index (κ2) is 7.14. The molecule has 0 aliphatic heterocycles. The number of aromatic nitrogens is 1. The molecule has 0 aliphatic carbocycles. The van der Waals surface area contributed by atoms with Crippen LogP contribution in [0.25, 0.3) is 10.9 Å². The Morgan fingerprint density at radius 2 is 1.85 bits per heavy atom. The number of nitrogens with zero attached hydrogens (tertiary/aromatic N) is 1. The molecule has 0 aliphatic rings. The van der Waals surface area contributed by atoms with Crippen LogP contribution >= 0.6 is 0 Å². The van der Waals surface area contributed by atoms with Gasteiger partial charge in [-0.05, 0) is 30.3 Å². The molecule has 0 radical (unpaired) electrons. The summed E-state index contributed by atoms with van der Waals surface area (Å²) >= 11 is 0. The first-order chi connectivity index (χ1) is 12.8. The third kappa shape index (κ3) is 4.11. The summed E-state index contributed by atoms with van der Waals surface area (Å²) in [7, 11) is 1.62. The van der Waals surface area contributed by atoms with Crippen molar-refractivity contribution in [2.75, 3.05) is 11.9 Å². The minimum absolute atomic E-state index is 0.00672. The van der Waals surface area contributed by atoms with Gasteiger partial charge in [0.2, 0.25) is 0 Å². The van der Waals surface area contributed by atoms with Crippen LogP contribution in [0.3, 0.4) is 0 Å². The van der Waals surface area contributed by atoms with Crippen LogP contribution in [0.1, 0.15) is 5.56 Å². The fraction of sp³-hybridized carbons (Fsp3) is 0.158. The van der Waals surface area contributed by atoms with Crippen LogP contribution in [0.5, 0.6) is 5.75 Å². The highest BCUT2D eigenvalue weighted by molar-refractivity contribution is 5.92. The predicted octanol–water partition coefficient (Wildman–Crippen LogP) is 3.57. The van der Waals surface area contributed by atoms with Crippen LogP contribution in [0.15, 0.2) is 59.4 Å². The van der Waals surface area contributed by atoms with Crippen molar-refractivity contribution in [3.8, 4) is 5.75 Å². The van der Waals surface area contributed by atoms with Gasteiger partial charge in [-0.2, -0.15) is 13.2 Å². The summed E-state index contributed by atoms with van der Waals surface area (Å²) in [5, 5.41) is 3.00. The van der Waals surface area contributed by atoms with E-state index in [2.05, 4.69) is 5.32 Å². The second-order valence-electron chi connectivity index (χ2n) is 5.84. The first-order valence-electron chi connectivity index (χ1n) is 7.94. The number of pyridine rings is 1. The smallest absolute Gasteiger partial charge is 0.416 e. The SMILES string of the molecule is Cn1c(=O)cc(OCC(=O)Nc2cccc(C(F)(F)F)c2)c2ccccc21. The molecule has 3 aromatic rings. The van der Waals surface area contributed by atoms with Gasteiger partial charge in [-0.25, -0.2) is 0 Å². The third-order valence-electron chi connectivity index (χ3n) is 3.95. The second-order valence-corrected chi connectivity index (χ2v) is 5.84. The monoisotopic (exact) mass is 376 g/mol. The largest absolute Gasteiger partial charge is 0.483 e. The summed E-state index contributed by atoms with van der Waals surface area (Å²) in [6.07, 6.45) is -4.50. The maximum absolute atomic E-state index is 12.7. The van der Waals surface area contributed by atoms with Crippen molar-refractivity contribution in [3.05, 3.63) is 70.5 Å². The Kier molecular flexibility index (Phi) is 4.89. The van der Waals surface area contributed by atoms with Gasteiger partial charge < -0.3 is 14.6 Å². The standard InChI is InChI=1S/C19H15F3N2O3/c1-24-15-8-3-2-7-14(15)16(10-18(24)26)27-11-17(25)23-13-6-4-5-12(9-13)19(20,21)22/h2-10H,11H2,1H3,(H,23,25). The normalized spacial score (nSPS) is 11.4. The van der Waals surface area contributed by atoms with Crippen molar-refractivity contribution >= 4 is 22.5 Å². The van der Waals surface area contributed by atoms with E-state index in [-0.39, 0.29) is 17.0 Å². The Morgan fingerprint density at radius 3 is 2.59 bits per heavy atom. The lowest BCUT2D eigenvalue weighted by Crippen LogP contribution is -2.22. The number of benzene rings is 2. The Morgan fingerprint density at radius 1 is 1.11 bits per heavy atom. The molecule has 0 spiro atoms. The average molecular weight is 376 g/mol. The highest BCUT2D eigenvalue weighted by atomic mass is 19.4. The molecule has 1 N–H and O–H groups in total. The van der Waals surface area contributed by atoms with E-state index in [9.17, 15) is 22.8 Å². The van der Waals surface area contributed by atoms with Crippen LogP contribution < -0.4 is 15.6 Å². The highest BCUT2D eigenvalue weighted by Gasteiger charge is 2.30. The van der Waals surface area contributed by atoms with Crippen LogP contribution in [0.2, 0.25) is 0 Å². The summed E-state index contributed by atoms with van der Waals surface area (Å²) < 4.78 is 45.1. The summed E-state index contributed by atoms with van der Waals surface area (Å²) in [5.74, 6) is -0.410. The van der Waals surface area contributed by atoms with E-state index in [1.165, 1.54) is 22.8 Å². The molecule has 2 aromatic carbocycles. The number of amides is 1. The van der Waals surface area contributed by atoms with E-state index in [4.69, 9.17) is 4.74 Å². The fourth-order valence-corrected chi connectivity index (χ4v) is 2.61. The number of para-hydroxylation sites is 1. The molecule has 0 saturated carbocycles. The number of halogens is 3. The lowest BCUT2D eigenvalue weighted by Gasteiger charge is -2.12. The van der Waals surface area contributed by atoms with Crippen molar-refractivity contribution in [1.29, 1.82) is 0 Å². The number of fused-ring (bicyclic) bond motifs is 1. The van der Waals surface area contributed by atoms with Crippen LogP contribution in [0.4, 0.5) is 18.9 Å². The summed E-state index contributed by atoms with van der Waals surface area (Å²) in [4.78, 5) is 24.0. The number of aryl methyl sites for hydroxylation is 1. The minimum Gasteiger partial charge on any atom is -0.483 e. The molecule has 140 valence electrons. The van der Waals surface area contributed by atoms with Gasteiger partial charge in [0.1, 0.15) is 5.75 Å². The van der Waals surface area contributed by atoms with Crippen molar-refractivity contribution in [1.82, 2.24) is 4.57 Å². The zero-order valence-electron chi connectivity index (χ0n) is 14.2. The molecule has 27 heavy (non-hydrogen) atoms. The molecular formula is C19H15F3N2O3. The number of hydrogen-bond acceptors (Lipinski definition) is 3. The minimum atomic E-state index is -4.50. The van der Waals surface area contributed by atoms with Gasteiger partial charge in [-0.3, -0.25) is 9.59 Å². The fourth-order valence-electron chi connectivity index (χ4n) is 2.61. The predicted molar refractivity (Wildman–Crippen MR) is 94.8 cm³/mol. The summed E-state index contributed by atoms with van der Waals surface area (Å²) in [6, 6.07) is 12.6. The molecule has 8 heteroatoms. The number of carbonyl (C=O) groups is 1. The van der Waals surface area contributed by atoms with Gasteiger partial charge >= 0.3 is 6.18 Å². The van der Waals surface area contributed by atoms with E-state index >= 15 is 0 Å². The Balaban J connectivity index is 1.75. The van der Waals surface area contributed by atoms with E-state index in [1.807, 2.05) is 0 Å². The lowest BCUT2D eigenvalue weighted by atomic mass is 10.2. The number of ether oxygens (including phenoxy) is 1. The molecular weight excluding hydrogens is 361 g/mol. The van der Waals surface area contributed by atoms with E-state index in [0.717, 1.165) is 12.1 Å². The lowest BCUT2D eigenvalue weighted by molar-refractivity contribution is -0.137. The first-order valence-corrected chi connectivity index (χ1v) is 7.94. The van der Waals surface area contributed by atoms with Crippen molar-refractivity contribution in [2.45, 2.75) is 6.18 Å². The number of alkyl halides is 3. The van der Waals surface area contributed by atoms with E-state index in [0.29, 0.717) is 10.9 Å². The van der Waals surface area contributed by atoms with Gasteiger partial charge in [0.05, 0.1) is 11.1 Å². The van der Waals surface area contributed by atoms with Crippen LogP contribution in [-0.4, -0.2) is 17.1 Å². The zero-order chi connectivity index (χ0) is 19.6. The van der Waals surface area contributed by atoms with Crippen molar-refractivity contribution < 1.29 is 22.7 Å². The number of carbonyl (C=O) groups excluding carboxylic acids is 1. The zero-order valence-corrected chi connectivity index (χ0v) is 14.2. The molecule has 1 aromatic heterocycles. The summed E-state index contributed by atoms with van der Waals surface area (Å²) in [5.41, 5.74) is -0.522. The Labute approximate surface area is 152 Å². The van der Waals surface area contributed by atoms with Crippen molar-refractivity contribution in [3.63, 3.8) is 0 Å². The Hall–Kier alpha value is -3.29. The molecule has 0 unspecified atom stereocenters. The number of hydrogen-bond donors (Lipinski definition) is 1. The molecule has 0 fully saturated rings. The van der Waals surface area contributed by atoms with Crippen molar-refractivity contribution in [2.24, 2.45) is 7.05 Å². The molecule has 3 rings (SSSR count). The third-order valence-corrected chi connectivity index (χ3v) is 3.95. The number of anilines is 1. The maximum Gasteiger partial charge on any atom is 0.416 e. The topological polar surface area (TPSA) is 60.3 Å². The molecule has 1 heterocycles. The van der Waals surface area contributed by atoms with Crippen LogP contribution in [0, 0.1) is 0 Å². The van der Waals surface area contributed by atoms with E-state index in [1.54, 1.807) is 31.3 Å². The van der Waals surface area contributed by atoms with Gasteiger partial charge in [-0.15, -0.1) is 0 Å². The number of rotatable bonds is 4.